The summed E-state index contributed by atoms with van der Waals surface area (Å²) in [6.07, 6.45) is 0.0267. The molecule has 0 aliphatic carbocycles. The number of methoxy groups -OCH3 is 1. The maximum atomic E-state index is 5.51. The molecule has 106 valence electrons. The van der Waals surface area contributed by atoms with Crippen molar-refractivity contribution in [3.05, 3.63) is 35.9 Å². The van der Waals surface area contributed by atoms with Gasteiger partial charge in [-0.2, -0.15) is 0 Å². The Balaban J connectivity index is 2.48. The third-order valence-corrected chi connectivity index (χ3v) is 2.81. The number of benzene rings is 1. The average molecular weight is 263 g/mol. The van der Waals surface area contributed by atoms with Crippen LogP contribution in [0.15, 0.2) is 35.3 Å². The average Bonchev–Trinajstić information content (AvgIpc) is 2.43. The molecule has 0 aromatic heterocycles. The lowest BCUT2D eigenvalue weighted by Gasteiger charge is -2.19. The van der Waals surface area contributed by atoms with E-state index in [1.54, 1.807) is 14.2 Å². The first-order valence-electron chi connectivity index (χ1n) is 6.69. The zero-order valence-corrected chi connectivity index (χ0v) is 12.3. The van der Waals surface area contributed by atoms with Gasteiger partial charge in [-0.05, 0) is 11.5 Å². The van der Waals surface area contributed by atoms with Gasteiger partial charge in [0.1, 0.15) is 0 Å². The maximum absolute atomic E-state index is 5.51. The summed E-state index contributed by atoms with van der Waals surface area (Å²) in [5.41, 5.74) is 1.16. The molecular weight excluding hydrogens is 238 g/mol. The maximum Gasteiger partial charge on any atom is 0.191 e. The topological polar surface area (TPSA) is 45.7 Å². The van der Waals surface area contributed by atoms with Crippen molar-refractivity contribution in [2.75, 3.05) is 27.2 Å². The van der Waals surface area contributed by atoms with Gasteiger partial charge in [-0.15, -0.1) is 0 Å². The molecule has 0 amide bonds. The van der Waals surface area contributed by atoms with E-state index in [1.165, 1.54) is 0 Å². The zero-order chi connectivity index (χ0) is 14.1. The van der Waals surface area contributed by atoms with E-state index in [9.17, 15) is 0 Å². The molecule has 0 saturated carbocycles. The van der Waals surface area contributed by atoms with Crippen molar-refractivity contribution in [1.29, 1.82) is 0 Å². The van der Waals surface area contributed by atoms with Crippen LogP contribution in [0.3, 0.4) is 0 Å². The van der Waals surface area contributed by atoms with Gasteiger partial charge < -0.3 is 15.4 Å². The van der Waals surface area contributed by atoms with E-state index in [-0.39, 0.29) is 6.10 Å². The second-order valence-corrected chi connectivity index (χ2v) is 4.86. The van der Waals surface area contributed by atoms with Crippen molar-refractivity contribution >= 4 is 5.96 Å². The fraction of sp³-hybridized carbons (Fsp3) is 0.533. The van der Waals surface area contributed by atoms with Gasteiger partial charge in [-0.1, -0.05) is 44.2 Å². The highest BCUT2D eigenvalue weighted by molar-refractivity contribution is 5.79. The normalized spacial score (nSPS) is 13.4. The van der Waals surface area contributed by atoms with E-state index < -0.39 is 0 Å². The molecule has 0 aliphatic rings. The predicted octanol–water partition coefficient (Wildman–Crippen LogP) is 2.20. The van der Waals surface area contributed by atoms with Crippen molar-refractivity contribution in [1.82, 2.24) is 10.6 Å². The van der Waals surface area contributed by atoms with Crippen LogP contribution in [0.5, 0.6) is 0 Å². The Morgan fingerprint density at radius 1 is 1.16 bits per heavy atom. The second kappa shape index (κ2) is 8.53. The number of guanidine groups is 1. The monoisotopic (exact) mass is 263 g/mol. The Morgan fingerprint density at radius 3 is 2.32 bits per heavy atom. The second-order valence-electron chi connectivity index (χ2n) is 4.86. The van der Waals surface area contributed by atoms with Crippen LogP contribution in [0.1, 0.15) is 25.5 Å². The fourth-order valence-corrected chi connectivity index (χ4v) is 1.72. The van der Waals surface area contributed by atoms with E-state index in [0.717, 1.165) is 18.1 Å². The molecule has 0 radical (unpaired) electrons. The van der Waals surface area contributed by atoms with Gasteiger partial charge in [0.2, 0.25) is 0 Å². The summed E-state index contributed by atoms with van der Waals surface area (Å²) in [5, 5.41) is 6.57. The predicted molar refractivity (Wildman–Crippen MR) is 80.4 cm³/mol. The third-order valence-electron chi connectivity index (χ3n) is 2.81. The molecule has 0 heterocycles. The summed E-state index contributed by atoms with van der Waals surface area (Å²) in [7, 11) is 3.50. The number of hydrogen-bond donors (Lipinski definition) is 2. The van der Waals surface area contributed by atoms with E-state index in [2.05, 4.69) is 41.6 Å². The highest BCUT2D eigenvalue weighted by Crippen LogP contribution is 2.14. The van der Waals surface area contributed by atoms with Crippen LogP contribution in [0, 0.1) is 5.92 Å². The van der Waals surface area contributed by atoms with Crippen LogP contribution in [0.25, 0.3) is 0 Å². The highest BCUT2D eigenvalue weighted by atomic mass is 16.5. The van der Waals surface area contributed by atoms with E-state index in [1.807, 2.05) is 18.2 Å². The number of aliphatic imine (C=N–C) groups is 1. The van der Waals surface area contributed by atoms with E-state index in [4.69, 9.17) is 4.74 Å². The zero-order valence-electron chi connectivity index (χ0n) is 12.3. The van der Waals surface area contributed by atoms with Gasteiger partial charge >= 0.3 is 0 Å². The first-order valence-corrected chi connectivity index (χ1v) is 6.69. The minimum Gasteiger partial charge on any atom is -0.375 e. The first-order chi connectivity index (χ1) is 9.17. The smallest absolute Gasteiger partial charge is 0.191 e. The van der Waals surface area contributed by atoms with Crippen LogP contribution >= 0.6 is 0 Å². The summed E-state index contributed by atoms with van der Waals surface area (Å²) < 4.78 is 5.51. The molecule has 0 fully saturated rings. The van der Waals surface area contributed by atoms with Gasteiger partial charge in [0.05, 0.1) is 6.10 Å². The third kappa shape index (κ3) is 5.75. The first kappa shape index (κ1) is 15.5. The van der Waals surface area contributed by atoms with Crippen molar-refractivity contribution < 1.29 is 4.74 Å². The molecule has 1 rings (SSSR count). The lowest BCUT2D eigenvalue weighted by Crippen LogP contribution is -2.41. The molecule has 0 saturated heterocycles. The molecule has 0 spiro atoms. The minimum absolute atomic E-state index is 0.0267. The molecule has 0 aliphatic heterocycles. The van der Waals surface area contributed by atoms with Crippen LogP contribution in [0.4, 0.5) is 0 Å². The van der Waals surface area contributed by atoms with Crippen molar-refractivity contribution in [2.24, 2.45) is 10.9 Å². The molecule has 2 N–H and O–H groups in total. The molecule has 4 heteroatoms. The lowest BCUT2D eigenvalue weighted by molar-refractivity contribution is 0.106. The Labute approximate surface area is 116 Å². The lowest BCUT2D eigenvalue weighted by atomic mass is 10.1. The van der Waals surface area contributed by atoms with Crippen molar-refractivity contribution in [2.45, 2.75) is 20.0 Å². The Bertz CT molecular complexity index is 376. The van der Waals surface area contributed by atoms with E-state index in [0.29, 0.717) is 12.5 Å². The number of nitrogens with one attached hydrogen (secondary N) is 2. The Kier molecular flexibility index (Phi) is 6.97. The molecule has 1 aromatic rings. The largest absolute Gasteiger partial charge is 0.375 e. The molecule has 19 heavy (non-hydrogen) atoms. The van der Waals surface area contributed by atoms with E-state index >= 15 is 0 Å². The van der Waals surface area contributed by atoms with Crippen LogP contribution < -0.4 is 10.6 Å². The fourth-order valence-electron chi connectivity index (χ4n) is 1.72. The Morgan fingerprint density at radius 2 is 1.79 bits per heavy atom. The summed E-state index contributed by atoms with van der Waals surface area (Å²) in [6.45, 7) is 5.94. The standard InChI is InChI=1S/C15H25N3O/c1-12(2)10-17-15(16-3)18-11-14(19-4)13-8-6-5-7-9-13/h5-9,12,14H,10-11H2,1-4H3,(H2,16,17,18). The van der Waals surface area contributed by atoms with Crippen molar-refractivity contribution in [3.8, 4) is 0 Å². The summed E-state index contributed by atoms with van der Waals surface area (Å²) in [5.74, 6) is 1.40. The molecule has 4 nitrogen and oxygen atoms in total. The number of nitrogens with zero attached hydrogens (tertiary/aromatic N) is 1. The molecular formula is C15H25N3O. The van der Waals surface area contributed by atoms with Gasteiger partial charge in [0.15, 0.2) is 5.96 Å². The molecule has 1 atom stereocenters. The van der Waals surface area contributed by atoms with Crippen LogP contribution in [-0.4, -0.2) is 33.2 Å². The van der Waals surface area contributed by atoms with Crippen LogP contribution in [-0.2, 0) is 4.74 Å². The minimum atomic E-state index is 0.0267. The van der Waals surface area contributed by atoms with Gasteiger partial charge in [0.25, 0.3) is 0 Å². The molecule has 0 bridgehead atoms. The number of rotatable bonds is 6. The SMILES string of the molecule is CN=C(NCC(C)C)NCC(OC)c1ccccc1. The summed E-state index contributed by atoms with van der Waals surface area (Å²) >= 11 is 0. The number of hydrogen-bond acceptors (Lipinski definition) is 2. The quantitative estimate of drug-likeness (QED) is 0.611. The summed E-state index contributed by atoms with van der Waals surface area (Å²) in [4.78, 5) is 4.20. The summed E-state index contributed by atoms with van der Waals surface area (Å²) in [6, 6.07) is 10.2. The van der Waals surface area contributed by atoms with Gasteiger partial charge in [-0.25, -0.2) is 0 Å². The molecule has 1 unspecified atom stereocenters. The van der Waals surface area contributed by atoms with Gasteiger partial charge in [0, 0.05) is 27.2 Å². The Hall–Kier alpha value is -1.55. The molecule has 1 aromatic carbocycles. The van der Waals surface area contributed by atoms with Gasteiger partial charge in [-0.3, -0.25) is 4.99 Å². The highest BCUT2D eigenvalue weighted by Gasteiger charge is 2.10. The number of ether oxygens (including phenoxy) is 1. The van der Waals surface area contributed by atoms with Crippen molar-refractivity contribution in [3.63, 3.8) is 0 Å². The van der Waals surface area contributed by atoms with Crippen LogP contribution in [0.2, 0.25) is 0 Å².